The van der Waals surface area contributed by atoms with E-state index in [1.54, 1.807) is 6.08 Å². The third-order valence-electron chi connectivity index (χ3n) is 0.786. The summed E-state index contributed by atoms with van der Waals surface area (Å²) in [7, 11) is 0. The van der Waals surface area contributed by atoms with Crippen LogP contribution in [0.1, 0.15) is 6.42 Å². The molecule has 0 spiro atoms. The first-order chi connectivity index (χ1) is 3.68. The predicted octanol–water partition coefficient (Wildman–Crippen LogP) is -0.625. The second-order valence-electron chi connectivity index (χ2n) is 1.53. The molecular weight excluding hydrogens is 104 g/mol. The second-order valence-corrected chi connectivity index (χ2v) is 1.53. The summed E-state index contributed by atoms with van der Waals surface area (Å²) in [6.07, 6.45) is 2.02. The molecule has 4 N–H and O–H groups in total. The maximum absolute atomic E-state index is 10.1. The van der Waals surface area contributed by atoms with Crippen molar-refractivity contribution in [2.45, 2.75) is 12.5 Å². The van der Waals surface area contributed by atoms with Crippen LogP contribution in [0.2, 0.25) is 0 Å². The Balaban J connectivity index is 3.46. The van der Waals surface area contributed by atoms with Crippen LogP contribution >= 0.6 is 0 Å². The minimum atomic E-state index is -0.563. The zero-order chi connectivity index (χ0) is 6.57. The highest BCUT2D eigenvalue weighted by Gasteiger charge is 2.04. The van der Waals surface area contributed by atoms with Crippen LogP contribution in [0.3, 0.4) is 0 Å². The third-order valence-corrected chi connectivity index (χ3v) is 0.786. The molecule has 0 aromatic carbocycles. The SMILES string of the molecule is C=CC[C@@H](N)C(N)=O. The van der Waals surface area contributed by atoms with Gasteiger partial charge < -0.3 is 11.5 Å². The normalized spacial score (nSPS) is 12.6. The van der Waals surface area contributed by atoms with Crippen molar-refractivity contribution >= 4 is 5.91 Å². The van der Waals surface area contributed by atoms with E-state index in [0.717, 1.165) is 0 Å². The highest BCUT2D eigenvalue weighted by molar-refractivity contribution is 5.79. The van der Waals surface area contributed by atoms with Gasteiger partial charge in [-0.25, -0.2) is 0 Å². The maximum atomic E-state index is 10.1. The number of rotatable bonds is 3. The molecule has 0 radical (unpaired) electrons. The highest BCUT2D eigenvalue weighted by atomic mass is 16.1. The quantitative estimate of drug-likeness (QED) is 0.480. The number of primary amides is 1. The fourth-order valence-electron chi connectivity index (χ4n) is 0.296. The van der Waals surface area contributed by atoms with Gasteiger partial charge in [0, 0.05) is 0 Å². The molecule has 0 fully saturated rings. The van der Waals surface area contributed by atoms with Crippen molar-refractivity contribution in [2.24, 2.45) is 11.5 Å². The van der Waals surface area contributed by atoms with Crippen LogP contribution in [0.5, 0.6) is 0 Å². The summed E-state index contributed by atoms with van der Waals surface area (Å²) in [4.78, 5) is 10.1. The Morgan fingerprint density at radius 1 is 1.88 bits per heavy atom. The van der Waals surface area contributed by atoms with Crippen molar-refractivity contribution in [2.75, 3.05) is 0 Å². The number of hydrogen-bond donors (Lipinski definition) is 2. The van der Waals surface area contributed by atoms with Crippen molar-refractivity contribution in [1.82, 2.24) is 0 Å². The van der Waals surface area contributed by atoms with E-state index in [-0.39, 0.29) is 0 Å². The summed E-state index contributed by atoms with van der Waals surface area (Å²) >= 11 is 0. The Bertz CT molecular complexity index is 101. The van der Waals surface area contributed by atoms with Gasteiger partial charge in [-0.15, -0.1) is 6.58 Å². The molecule has 0 aliphatic carbocycles. The van der Waals surface area contributed by atoms with Crippen LogP contribution < -0.4 is 11.5 Å². The first-order valence-corrected chi connectivity index (χ1v) is 2.34. The fourth-order valence-corrected chi connectivity index (χ4v) is 0.296. The van der Waals surface area contributed by atoms with Gasteiger partial charge in [0.25, 0.3) is 0 Å². The number of nitrogens with two attached hydrogens (primary N) is 2. The second kappa shape index (κ2) is 3.21. The molecule has 0 rings (SSSR count). The van der Waals surface area contributed by atoms with Crippen molar-refractivity contribution in [3.05, 3.63) is 12.7 Å². The minimum Gasteiger partial charge on any atom is -0.368 e. The Hall–Kier alpha value is -0.830. The molecule has 0 aromatic heterocycles. The molecule has 0 aliphatic rings. The molecule has 0 saturated carbocycles. The Morgan fingerprint density at radius 3 is 2.50 bits per heavy atom. The van der Waals surface area contributed by atoms with Gasteiger partial charge in [0.2, 0.25) is 5.91 Å². The molecule has 0 aromatic rings. The van der Waals surface area contributed by atoms with Crippen LogP contribution in [-0.4, -0.2) is 11.9 Å². The Labute approximate surface area is 48.4 Å². The van der Waals surface area contributed by atoms with Gasteiger partial charge in [0.05, 0.1) is 6.04 Å². The maximum Gasteiger partial charge on any atom is 0.234 e. The smallest absolute Gasteiger partial charge is 0.234 e. The van der Waals surface area contributed by atoms with Gasteiger partial charge in [0.1, 0.15) is 0 Å². The molecule has 8 heavy (non-hydrogen) atoms. The van der Waals surface area contributed by atoms with Gasteiger partial charge >= 0.3 is 0 Å². The molecule has 0 saturated heterocycles. The van der Waals surface area contributed by atoms with E-state index >= 15 is 0 Å². The molecule has 46 valence electrons. The van der Waals surface area contributed by atoms with E-state index < -0.39 is 11.9 Å². The van der Waals surface area contributed by atoms with Crippen molar-refractivity contribution in [1.29, 1.82) is 0 Å². The van der Waals surface area contributed by atoms with Crippen LogP contribution in [0.25, 0.3) is 0 Å². The lowest BCUT2D eigenvalue weighted by atomic mass is 10.2. The molecule has 1 amide bonds. The lowest BCUT2D eigenvalue weighted by Gasteiger charge is -1.99. The predicted molar refractivity (Wildman–Crippen MR) is 32.0 cm³/mol. The van der Waals surface area contributed by atoms with Gasteiger partial charge in [-0.1, -0.05) is 6.08 Å². The number of carbonyl (C=O) groups excluding carboxylic acids is 1. The van der Waals surface area contributed by atoms with Crippen LogP contribution in [0.4, 0.5) is 0 Å². The standard InChI is InChI=1S/C5H10N2O/c1-2-3-4(6)5(7)8/h2,4H,1,3,6H2,(H2,7,8)/t4-/m1/s1. The van der Waals surface area contributed by atoms with Gasteiger partial charge in [0.15, 0.2) is 0 Å². The molecule has 0 bridgehead atoms. The summed E-state index contributed by atoms with van der Waals surface area (Å²) in [5.41, 5.74) is 9.99. The zero-order valence-electron chi connectivity index (χ0n) is 4.63. The zero-order valence-corrected chi connectivity index (χ0v) is 4.63. The molecular formula is C5H10N2O. The third kappa shape index (κ3) is 2.36. The van der Waals surface area contributed by atoms with E-state index in [1.165, 1.54) is 0 Å². The average molecular weight is 114 g/mol. The van der Waals surface area contributed by atoms with Gasteiger partial charge in [-0.05, 0) is 6.42 Å². The number of amides is 1. The Morgan fingerprint density at radius 2 is 2.38 bits per heavy atom. The molecule has 0 unspecified atom stereocenters. The first-order valence-electron chi connectivity index (χ1n) is 2.34. The highest BCUT2D eigenvalue weighted by Crippen LogP contribution is 1.84. The molecule has 3 heteroatoms. The van der Waals surface area contributed by atoms with E-state index in [4.69, 9.17) is 11.5 Å². The average Bonchev–Trinajstić information content (AvgIpc) is 1.67. The summed E-state index contributed by atoms with van der Waals surface area (Å²) in [6, 6.07) is -0.563. The lowest BCUT2D eigenvalue weighted by molar-refractivity contribution is -0.119. The number of carbonyl (C=O) groups is 1. The molecule has 1 atom stereocenters. The van der Waals surface area contributed by atoms with Crippen LogP contribution in [0, 0.1) is 0 Å². The van der Waals surface area contributed by atoms with Crippen LogP contribution in [-0.2, 0) is 4.79 Å². The van der Waals surface area contributed by atoms with E-state index in [1.807, 2.05) is 0 Å². The van der Waals surface area contributed by atoms with E-state index in [9.17, 15) is 4.79 Å². The van der Waals surface area contributed by atoms with E-state index in [0.29, 0.717) is 6.42 Å². The number of hydrogen-bond acceptors (Lipinski definition) is 2. The van der Waals surface area contributed by atoms with Gasteiger partial charge in [-0.3, -0.25) is 4.79 Å². The first kappa shape index (κ1) is 7.17. The molecule has 3 nitrogen and oxygen atoms in total. The van der Waals surface area contributed by atoms with Crippen molar-refractivity contribution < 1.29 is 4.79 Å². The van der Waals surface area contributed by atoms with E-state index in [2.05, 4.69) is 6.58 Å². The van der Waals surface area contributed by atoms with Crippen molar-refractivity contribution in [3.8, 4) is 0 Å². The minimum absolute atomic E-state index is 0.454. The lowest BCUT2D eigenvalue weighted by Crippen LogP contribution is -2.35. The summed E-state index contributed by atoms with van der Waals surface area (Å²) < 4.78 is 0. The van der Waals surface area contributed by atoms with Crippen LogP contribution in [0.15, 0.2) is 12.7 Å². The summed E-state index contributed by atoms with van der Waals surface area (Å²) in [6.45, 7) is 3.40. The Kier molecular flexibility index (Phi) is 2.88. The summed E-state index contributed by atoms with van der Waals surface area (Å²) in [5, 5.41) is 0. The topological polar surface area (TPSA) is 69.1 Å². The largest absolute Gasteiger partial charge is 0.368 e. The van der Waals surface area contributed by atoms with Gasteiger partial charge in [-0.2, -0.15) is 0 Å². The molecule has 0 heterocycles. The monoisotopic (exact) mass is 114 g/mol. The fraction of sp³-hybridized carbons (Fsp3) is 0.400. The summed E-state index contributed by atoms with van der Waals surface area (Å²) in [5.74, 6) is -0.482. The molecule has 0 aliphatic heterocycles. The van der Waals surface area contributed by atoms with Crippen molar-refractivity contribution in [3.63, 3.8) is 0 Å².